The smallest absolute Gasteiger partial charge is 0.388 e. The molecular formula is C21H22F4N6O3S. The van der Waals surface area contributed by atoms with Crippen LogP contribution in [0.2, 0.25) is 0 Å². The topological polar surface area (TPSA) is 113 Å². The SMILES string of the molecule is CS(=O)(=O)[C@H]1C[C@H](Nc2nc(N3C[C@@H](O)[C@H](F)C3)c3cnn(-c4cccc(C(F)(F)F)c4)c3n2)C1. The minimum atomic E-state index is -4.55. The highest BCUT2D eigenvalue weighted by Crippen LogP contribution is 2.34. The summed E-state index contributed by atoms with van der Waals surface area (Å²) in [5.74, 6) is 0.379. The lowest BCUT2D eigenvalue weighted by Crippen LogP contribution is -2.43. The molecule has 1 aliphatic heterocycles. The zero-order valence-electron chi connectivity index (χ0n) is 18.4. The molecule has 0 amide bonds. The number of hydrogen-bond acceptors (Lipinski definition) is 8. The zero-order valence-corrected chi connectivity index (χ0v) is 19.3. The average Bonchev–Trinajstić information content (AvgIpc) is 3.31. The molecule has 5 rings (SSSR count). The van der Waals surface area contributed by atoms with Crippen molar-refractivity contribution in [1.82, 2.24) is 19.7 Å². The Balaban J connectivity index is 1.55. The minimum Gasteiger partial charge on any atom is -0.388 e. The minimum absolute atomic E-state index is 0.0267. The summed E-state index contributed by atoms with van der Waals surface area (Å²) in [5.41, 5.74) is -0.542. The van der Waals surface area contributed by atoms with Crippen LogP contribution in [0.1, 0.15) is 18.4 Å². The molecule has 14 heteroatoms. The van der Waals surface area contributed by atoms with Gasteiger partial charge in [0.1, 0.15) is 27.9 Å². The van der Waals surface area contributed by atoms with Crippen LogP contribution in [-0.4, -0.2) is 76.2 Å². The van der Waals surface area contributed by atoms with Crippen LogP contribution >= 0.6 is 0 Å². The molecule has 2 fully saturated rings. The second-order valence-corrected chi connectivity index (χ2v) is 11.3. The van der Waals surface area contributed by atoms with Crippen molar-refractivity contribution in [1.29, 1.82) is 0 Å². The van der Waals surface area contributed by atoms with Crippen LogP contribution in [0.5, 0.6) is 0 Å². The molecule has 2 atom stereocenters. The standard InChI is InChI=1S/C21H22F4N6O3S/c1-35(33,34)14-6-12(7-14)27-20-28-18(30-9-16(22)17(32)10-30)15-8-26-31(19(15)29-20)13-4-2-3-11(5-13)21(23,24)25/h2-5,8,12,14,16-17,32H,6-7,9-10H2,1H3,(H,27,28,29)/t12-,14-,16-,17-/m1/s1. The Labute approximate surface area is 197 Å². The van der Waals surface area contributed by atoms with E-state index in [-0.39, 0.29) is 42.2 Å². The Bertz CT molecular complexity index is 1360. The van der Waals surface area contributed by atoms with Crippen LogP contribution in [0.4, 0.5) is 29.3 Å². The fourth-order valence-electron chi connectivity index (χ4n) is 4.34. The first kappa shape index (κ1) is 23.7. The van der Waals surface area contributed by atoms with E-state index in [1.165, 1.54) is 34.2 Å². The predicted molar refractivity (Wildman–Crippen MR) is 120 cm³/mol. The largest absolute Gasteiger partial charge is 0.416 e. The molecule has 2 N–H and O–H groups in total. The number of benzene rings is 1. The number of halogens is 4. The van der Waals surface area contributed by atoms with E-state index in [0.717, 1.165) is 12.1 Å². The van der Waals surface area contributed by atoms with Crippen LogP contribution < -0.4 is 10.2 Å². The molecule has 188 valence electrons. The molecule has 1 saturated carbocycles. The molecule has 3 aromatic rings. The van der Waals surface area contributed by atoms with Crippen molar-refractivity contribution < 1.29 is 31.1 Å². The third kappa shape index (κ3) is 4.51. The summed E-state index contributed by atoms with van der Waals surface area (Å²) >= 11 is 0. The second kappa shape index (κ2) is 8.29. The van der Waals surface area contributed by atoms with Crippen LogP contribution in [0.25, 0.3) is 16.7 Å². The maximum Gasteiger partial charge on any atom is 0.416 e. The number of aliphatic hydroxyl groups is 1. The van der Waals surface area contributed by atoms with Crippen LogP contribution in [-0.2, 0) is 16.0 Å². The van der Waals surface area contributed by atoms with Gasteiger partial charge in [-0.05, 0) is 31.0 Å². The number of sulfone groups is 1. The van der Waals surface area contributed by atoms with Gasteiger partial charge in [-0.3, -0.25) is 0 Å². The molecule has 0 unspecified atom stereocenters. The van der Waals surface area contributed by atoms with Gasteiger partial charge in [-0.2, -0.15) is 28.2 Å². The van der Waals surface area contributed by atoms with Gasteiger partial charge in [0, 0.05) is 18.8 Å². The molecule has 3 heterocycles. The lowest BCUT2D eigenvalue weighted by molar-refractivity contribution is -0.137. The summed E-state index contributed by atoms with van der Waals surface area (Å²) in [5, 5.41) is 17.1. The summed E-state index contributed by atoms with van der Waals surface area (Å²) in [7, 11) is -3.17. The van der Waals surface area contributed by atoms with Crippen molar-refractivity contribution in [3.63, 3.8) is 0 Å². The van der Waals surface area contributed by atoms with E-state index in [9.17, 15) is 31.1 Å². The fourth-order valence-corrected chi connectivity index (χ4v) is 5.50. The van der Waals surface area contributed by atoms with Crippen LogP contribution in [0, 0.1) is 0 Å². The van der Waals surface area contributed by atoms with Crippen molar-refractivity contribution in [3.8, 4) is 5.69 Å². The Morgan fingerprint density at radius 2 is 1.91 bits per heavy atom. The number of rotatable bonds is 5. The maximum atomic E-state index is 14.1. The van der Waals surface area contributed by atoms with Gasteiger partial charge in [0.05, 0.1) is 34.6 Å². The molecule has 9 nitrogen and oxygen atoms in total. The summed E-state index contributed by atoms with van der Waals surface area (Å²) in [6.45, 7) is -0.151. The van der Waals surface area contributed by atoms with Crippen molar-refractivity contribution in [2.24, 2.45) is 0 Å². The molecule has 0 bridgehead atoms. The van der Waals surface area contributed by atoms with Crippen molar-refractivity contribution in [3.05, 3.63) is 36.0 Å². The molecule has 35 heavy (non-hydrogen) atoms. The van der Waals surface area contributed by atoms with E-state index in [4.69, 9.17) is 0 Å². The number of fused-ring (bicyclic) bond motifs is 1. The molecule has 2 aliphatic rings. The van der Waals surface area contributed by atoms with Gasteiger partial charge >= 0.3 is 6.18 Å². The van der Waals surface area contributed by atoms with Crippen molar-refractivity contribution in [2.45, 2.75) is 42.6 Å². The number of β-amino-alcohol motifs (C(OH)–C–C–N with tert-alkyl or cyclic N) is 1. The van der Waals surface area contributed by atoms with E-state index in [1.54, 1.807) is 0 Å². The van der Waals surface area contributed by atoms with Gasteiger partial charge in [-0.25, -0.2) is 17.5 Å². The highest BCUT2D eigenvalue weighted by Gasteiger charge is 2.38. The highest BCUT2D eigenvalue weighted by molar-refractivity contribution is 7.91. The van der Waals surface area contributed by atoms with E-state index in [1.807, 2.05) is 0 Å². The second-order valence-electron chi connectivity index (χ2n) is 8.97. The molecule has 1 saturated heterocycles. The quantitative estimate of drug-likeness (QED) is 0.499. The van der Waals surface area contributed by atoms with Gasteiger partial charge in [0.2, 0.25) is 5.95 Å². The molecule has 1 aromatic carbocycles. The first-order valence-electron chi connectivity index (χ1n) is 10.9. The normalized spacial score (nSPS) is 25.1. The molecule has 0 spiro atoms. The van der Waals surface area contributed by atoms with Crippen molar-refractivity contribution in [2.75, 3.05) is 29.6 Å². The first-order chi connectivity index (χ1) is 16.4. The number of aliphatic hydroxyl groups excluding tert-OH is 1. The van der Waals surface area contributed by atoms with Gasteiger partial charge in [-0.1, -0.05) is 6.07 Å². The summed E-state index contributed by atoms with van der Waals surface area (Å²) in [4.78, 5) is 10.4. The first-order valence-corrected chi connectivity index (χ1v) is 12.8. The van der Waals surface area contributed by atoms with Gasteiger partial charge in [0.15, 0.2) is 5.65 Å². The Morgan fingerprint density at radius 3 is 2.54 bits per heavy atom. The Kier molecular flexibility index (Phi) is 5.62. The van der Waals surface area contributed by atoms with Crippen molar-refractivity contribution >= 4 is 32.6 Å². The molecule has 2 aromatic heterocycles. The van der Waals surface area contributed by atoms with Crippen LogP contribution in [0.3, 0.4) is 0 Å². The number of aromatic nitrogens is 4. The average molecular weight is 515 g/mol. The Hall–Kier alpha value is -3.00. The number of alkyl halides is 4. The Morgan fingerprint density at radius 1 is 1.17 bits per heavy atom. The number of nitrogens with one attached hydrogen (secondary N) is 1. The molecular weight excluding hydrogens is 492 g/mol. The van der Waals surface area contributed by atoms with E-state index < -0.39 is 39.1 Å². The number of nitrogens with zero attached hydrogens (tertiary/aromatic N) is 5. The fraction of sp³-hybridized carbons (Fsp3) is 0.476. The summed E-state index contributed by atoms with van der Waals surface area (Å²) in [6.07, 6.45) is -3.97. The summed E-state index contributed by atoms with van der Waals surface area (Å²) < 4.78 is 78.5. The van der Waals surface area contributed by atoms with E-state index in [2.05, 4.69) is 20.4 Å². The zero-order chi connectivity index (χ0) is 25.1. The summed E-state index contributed by atoms with van der Waals surface area (Å²) in [6, 6.07) is 4.39. The van der Waals surface area contributed by atoms with Gasteiger partial charge < -0.3 is 15.3 Å². The van der Waals surface area contributed by atoms with Gasteiger partial charge in [-0.15, -0.1) is 0 Å². The van der Waals surface area contributed by atoms with Crippen LogP contribution in [0.15, 0.2) is 30.5 Å². The maximum absolute atomic E-state index is 14.1. The highest BCUT2D eigenvalue weighted by atomic mass is 32.2. The number of hydrogen-bond donors (Lipinski definition) is 2. The van der Waals surface area contributed by atoms with Gasteiger partial charge in [0.25, 0.3) is 0 Å². The molecule has 0 radical (unpaired) electrons. The number of anilines is 2. The van der Waals surface area contributed by atoms with E-state index >= 15 is 0 Å². The lowest BCUT2D eigenvalue weighted by atomic mass is 9.92. The molecule has 1 aliphatic carbocycles. The monoisotopic (exact) mass is 514 g/mol. The third-order valence-electron chi connectivity index (χ3n) is 6.38. The lowest BCUT2D eigenvalue weighted by Gasteiger charge is -2.34. The third-order valence-corrected chi connectivity index (χ3v) is 7.98. The van der Waals surface area contributed by atoms with E-state index in [0.29, 0.717) is 18.2 Å². The predicted octanol–water partition coefficient (Wildman–Crippen LogP) is 2.34.